The number of nitrogens with zero attached hydrogens (tertiary/aromatic N) is 1. The number of nitrogens with one attached hydrogen (secondary N) is 2. The number of halogens is 2. The number of hydrogen-bond acceptors (Lipinski definition) is 4. The number of aromatic nitrogens is 1. The Balaban J connectivity index is 1.67. The molecule has 0 spiro atoms. The maximum atomic E-state index is 13.2. The van der Waals surface area contributed by atoms with Crippen LogP contribution in [0.5, 0.6) is 0 Å². The highest BCUT2D eigenvalue weighted by atomic mass is 19.2. The molecule has 2 aromatic carbocycles. The van der Waals surface area contributed by atoms with Gasteiger partial charge in [0, 0.05) is 17.3 Å². The van der Waals surface area contributed by atoms with Crippen LogP contribution in [-0.4, -0.2) is 23.5 Å². The first kappa shape index (κ1) is 18.2. The first-order valence-corrected chi connectivity index (χ1v) is 8.00. The van der Waals surface area contributed by atoms with E-state index in [0.717, 1.165) is 12.1 Å². The zero-order valence-electron chi connectivity index (χ0n) is 14.3. The van der Waals surface area contributed by atoms with Crippen LogP contribution >= 0.6 is 0 Å². The zero-order valence-corrected chi connectivity index (χ0v) is 14.3. The molecular weight excluding hydrogens is 356 g/mol. The molecule has 2 amide bonds. The molecule has 3 rings (SSSR count). The average Bonchev–Trinajstić information content (AvgIpc) is 3.05. The van der Waals surface area contributed by atoms with E-state index in [4.69, 9.17) is 4.52 Å². The van der Waals surface area contributed by atoms with E-state index in [1.54, 1.807) is 31.2 Å². The molecular formula is C19H15F2N3O3. The summed E-state index contributed by atoms with van der Waals surface area (Å²) in [6, 6.07) is 12.0. The highest BCUT2D eigenvalue weighted by Crippen LogP contribution is 2.24. The molecule has 0 atom stereocenters. The number of benzene rings is 2. The quantitative estimate of drug-likeness (QED) is 0.721. The molecule has 27 heavy (non-hydrogen) atoms. The third-order valence-corrected chi connectivity index (χ3v) is 3.75. The van der Waals surface area contributed by atoms with Gasteiger partial charge in [0.1, 0.15) is 17.0 Å². The van der Waals surface area contributed by atoms with E-state index >= 15 is 0 Å². The molecule has 1 aromatic heterocycles. The highest BCUT2D eigenvalue weighted by Gasteiger charge is 2.21. The van der Waals surface area contributed by atoms with Gasteiger partial charge in [-0.15, -0.1) is 0 Å². The number of anilines is 1. The zero-order chi connectivity index (χ0) is 19.4. The third kappa shape index (κ3) is 4.17. The van der Waals surface area contributed by atoms with Crippen molar-refractivity contribution in [2.24, 2.45) is 0 Å². The van der Waals surface area contributed by atoms with E-state index in [1.165, 1.54) is 6.07 Å². The Morgan fingerprint density at radius 2 is 1.81 bits per heavy atom. The van der Waals surface area contributed by atoms with E-state index in [2.05, 4.69) is 15.8 Å². The summed E-state index contributed by atoms with van der Waals surface area (Å²) in [6.45, 7) is 1.23. The first-order valence-electron chi connectivity index (χ1n) is 8.00. The Bertz CT molecular complexity index is 987. The third-order valence-electron chi connectivity index (χ3n) is 3.75. The lowest BCUT2D eigenvalue weighted by Gasteiger charge is -2.08. The number of carbonyl (C=O) groups is 2. The van der Waals surface area contributed by atoms with Crippen LogP contribution in [0.25, 0.3) is 11.3 Å². The van der Waals surface area contributed by atoms with Gasteiger partial charge in [0.05, 0.1) is 6.54 Å². The SMILES string of the molecule is Cc1onc(-c2ccccc2)c1C(=O)NCC(=O)Nc1ccc(F)c(F)c1. The predicted molar refractivity (Wildman–Crippen MR) is 94.0 cm³/mol. The smallest absolute Gasteiger partial charge is 0.257 e. The van der Waals surface area contributed by atoms with Crippen LogP contribution in [0.15, 0.2) is 53.1 Å². The van der Waals surface area contributed by atoms with Gasteiger partial charge >= 0.3 is 0 Å². The lowest BCUT2D eigenvalue weighted by atomic mass is 10.1. The van der Waals surface area contributed by atoms with E-state index in [1.807, 2.05) is 6.07 Å². The molecule has 0 saturated heterocycles. The van der Waals surface area contributed by atoms with Crippen LogP contribution in [0.2, 0.25) is 0 Å². The standard InChI is InChI=1S/C19H15F2N3O3/c1-11-17(18(24-27-11)12-5-3-2-4-6-12)19(26)22-10-16(25)23-13-7-8-14(20)15(21)9-13/h2-9H,10H2,1H3,(H,22,26)(H,23,25). The molecule has 8 heteroatoms. The largest absolute Gasteiger partial charge is 0.360 e. The van der Waals surface area contributed by atoms with Crippen LogP contribution in [0.4, 0.5) is 14.5 Å². The topological polar surface area (TPSA) is 84.2 Å². The molecule has 0 bridgehead atoms. The van der Waals surface area contributed by atoms with Crippen molar-refractivity contribution in [3.8, 4) is 11.3 Å². The average molecular weight is 371 g/mol. The summed E-state index contributed by atoms with van der Waals surface area (Å²) in [6.07, 6.45) is 0. The van der Waals surface area contributed by atoms with Crippen molar-refractivity contribution in [2.45, 2.75) is 6.92 Å². The van der Waals surface area contributed by atoms with Crippen LogP contribution in [0.1, 0.15) is 16.1 Å². The predicted octanol–water partition coefficient (Wildman–Crippen LogP) is 3.30. The van der Waals surface area contributed by atoms with E-state index in [0.29, 0.717) is 17.0 Å². The molecule has 1 heterocycles. The van der Waals surface area contributed by atoms with Gasteiger partial charge in [0.2, 0.25) is 5.91 Å². The summed E-state index contributed by atoms with van der Waals surface area (Å²) in [4.78, 5) is 24.4. The van der Waals surface area contributed by atoms with Crippen molar-refractivity contribution in [1.29, 1.82) is 0 Å². The molecule has 0 fully saturated rings. The van der Waals surface area contributed by atoms with E-state index in [9.17, 15) is 18.4 Å². The Kier molecular flexibility index (Phi) is 5.25. The van der Waals surface area contributed by atoms with Gasteiger partial charge in [-0.05, 0) is 19.1 Å². The van der Waals surface area contributed by atoms with E-state index in [-0.39, 0.29) is 17.8 Å². The molecule has 0 aliphatic carbocycles. The summed E-state index contributed by atoms with van der Waals surface area (Å²) in [5.41, 5.74) is 1.37. The molecule has 0 aliphatic heterocycles. The Hall–Kier alpha value is -3.55. The molecule has 0 radical (unpaired) electrons. The minimum absolute atomic E-state index is 0.0827. The maximum absolute atomic E-state index is 13.2. The van der Waals surface area contributed by atoms with Gasteiger partial charge in [0.15, 0.2) is 11.6 Å². The second kappa shape index (κ2) is 7.77. The van der Waals surface area contributed by atoms with Crippen molar-refractivity contribution in [2.75, 3.05) is 11.9 Å². The number of aryl methyl sites for hydroxylation is 1. The lowest BCUT2D eigenvalue weighted by Crippen LogP contribution is -2.33. The van der Waals surface area contributed by atoms with Crippen molar-refractivity contribution in [1.82, 2.24) is 10.5 Å². The number of carbonyl (C=O) groups excluding carboxylic acids is 2. The monoisotopic (exact) mass is 371 g/mol. The van der Waals surface area contributed by atoms with Crippen molar-refractivity contribution in [3.63, 3.8) is 0 Å². The molecule has 2 N–H and O–H groups in total. The number of hydrogen-bond donors (Lipinski definition) is 2. The Labute approximate surface area is 153 Å². The number of rotatable bonds is 5. The summed E-state index contributed by atoms with van der Waals surface area (Å²) in [7, 11) is 0. The summed E-state index contributed by atoms with van der Waals surface area (Å²) in [5, 5.41) is 8.74. The van der Waals surface area contributed by atoms with Gasteiger partial charge in [-0.2, -0.15) is 0 Å². The minimum atomic E-state index is -1.08. The van der Waals surface area contributed by atoms with Crippen LogP contribution in [-0.2, 0) is 4.79 Å². The van der Waals surface area contributed by atoms with Crippen molar-refractivity contribution in [3.05, 3.63) is 71.5 Å². The molecule has 138 valence electrons. The molecule has 0 aliphatic rings. The van der Waals surface area contributed by atoms with Gasteiger partial charge < -0.3 is 15.2 Å². The normalized spacial score (nSPS) is 10.5. The fraction of sp³-hybridized carbons (Fsp3) is 0.105. The van der Waals surface area contributed by atoms with Crippen molar-refractivity contribution >= 4 is 17.5 Å². The van der Waals surface area contributed by atoms with Crippen LogP contribution < -0.4 is 10.6 Å². The number of amides is 2. The van der Waals surface area contributed by atoms with Gasteiger partial charge in [-0.1, -0.05) is 35.5 Å². The summed E-state index contributed by atoms with van der Waals surface area (Å²) in [5.74, 6) is -2.91. The van der Waals surface area contributed by atoms with Crippen molar-refractivity contribution < 1.29 is 22.9 Å². The fourth-order valence-electron chi connectivity index (χ4n) is 2.46. The molecule has 3 aromatic rings. The van der Waals surface area contributed by atoms with Gasteiger partial charge in [-0.25, -0.2) is 8.78 Å². The fourth-order valence-corrected chi connectivity index (χ4v) is 2.46. The summed E-state index contributed by atoms with van der Waals surface area (Å²) >= 11 is 0. The van der Waals surface area contributed by atoms with Gasteiger partial charge in [-0.3, -0.25) is 9.59 Å². The Morgan fingerprint density at radius 3 is 2.52 bits per heavy atom. The summed E-state index contributed by atoms with van der Waals surface area (Å²) < 4.78 is 31.2. The molecule has 0 unspecified atom stereocenters. The highest BCUT2D eigenvalue weighted by molar-refractivity contribution is 6.03. The second-order valence-electron chi connectivity index (χ2n) is 5.69. The second-order valence-corrected chi connectivity index (χ2v) is 5.69. The maximum Gasteiger partial charge on any atom is 0.257 e. The van der Waals surface area contributed by atoms with Gasteiger partial charge in [0.25, 0.3) is 5.91 Å². The lowest BCUT2D eigenvalue weighted by molar-refractivity contribution is -0.115. The first-order chi connectivity index (χ1) is 13.0. The minimum Gasteiger partial charge on any atom is -0.360 e. The van der Waals surface area contributed by atoms with Crippen LogP contribution in [0.3, 0.4) is 0 Å². The van der Waals surface area contributed by atoms with E-state index < -0.39 is 23.4 Å². The molecule has 6 nitrogen and oxygen atoms in total. The Morgan fingerprint density at radius 1 is 1.07 bits per heavy atom. The van der Waals surface area contributed by atoms with Crippen LogP contribution in [0, 0.1) is 18.6 Å². The molecule has 0 saturated carbocycles.